The molecule has 4 heteroatoms. The van der Waals surface area contributed by atoms with Crippen molar-refractivity contribution in [2.45, 2.75) is 26.8 Å². The molecule has 0 radical (unpaired) electrons. The van der Waals surface area contributed by atoms with E-state index in [-0.39, 0.29) is 11.9 Å². The van der Waals surface area contributed by atoms with Crippen LogP contribution < -0.4 is 5.32 Å². The highest BCUT2D eigenvalue weighted by molar-refractivity contribution is 5.93. The number of carbonyl (C=O) groups is 1. The molecule has 0 aliphatic rings. The van der Waals surface area contributed by atoms with Crippen LogP contribution in [0.2, 0.25) is 0 Å². The Balaban J connectivity index is 2.09. The third-order valence-electron chi connectivity index (χ3n) is 3.08. The average molecular weight is 243 g/mol. The minimum atomic E-state index is -0.318. The Labute approximate surface area is 107 Å². The van der Waals surface area contributed by atoms with Gasteiger partial charge in [0, 0.05) is 18.1 Å². The zero-order valence-electron chi connectivity index (χ0n) is 10.8. The fourth-order valence-electron chi connectivity index (χ4n) is 1.70. The largest absolute Gasteiger partial charge is 0.324 e. The second-order valence-electron chi connectivity index (χ2n) is 4.45. The second-order valence-corrected chi connectivity index (χ2v) is 4.45. The highest BCUT2D eigenvalue weighted by Gasteiger charge is 2.14. The van der Waals surface area contributed by atoms with Gasteiger partial charge in [-0.05, 0) is 50.1 Å². The van der Waals surface area contributed by atoms with Crippen molar-refractivity contribution < 1.29 is 4.79 Å². The maximum absolute atomic E-state index is 12.0. The molecule has 0 fully saturated rings. The van der Waals surface area contributed by atoms with Gasteiger partial charge in [0.25, 0.3) is 0 Å². The van der Waals surface area contributed by atoms with Gasteiger partial charge >= 0.3 is 0 Å². The Kier molecular flexibility index (Phi) is 3.46. The van der Waals surface area contributed by atoms with Crippen molar-refractivity contribution in [1.29, 1.82) is 0 Å². The van der Waals surface area contributed by atoms with Crippen molar-refractivity contribution >= 4 is 11.6 Å². The number of rotatable bonds is 3. The molecule has 0 saturated heterocycles. The van der Waals surface area contributed by atoms with E-state index in [1.54, 1.807) is 23.1 Å². The van der Waals surface area contributed by atoms with E-state index in [4.69, 9.17) is 0 Å². The molecule has 1 aromatic heterocycles. The summed E-state index contributed by atoms with van der Waals surface area (Å²) in [5, 5.41) is 6.96. The summed E-state index contributed by atoms with van der Waals surface area (Å²) in [7, 11) is 0. The second kappa shape index (κ2) is 5.04. The SMILES string of the molecule is Cc1ccc(NC(=O)C(C)n2cccn2)cc1C. The number of aryl methyl sites for hydroxylation is 2. The van der Waals surface area contributed by atoms with Crippen LogP contribution in [0.3, 0.4) is 0 Å². The Bertz CT molecular complexity index is 546. The number of hydrogen-bond acceptors (Lipinski definition) is 2. The van der Waals surface area contributed by atoms with Crippen LogP contribution >= 0.6 is 0 Å². The van der Waals surface area contributed by atoms with Crippen molar-refractivity contribution in [2.24, 2.45) is 0 Å². The number of aromatic nitrogens is 2. The first-order chi connectivity index (χ1) is 8.58. The third kappa shape index (κ3) is 2.59. The molecule has 1 unspecified atom stereocenters. The fourth-order valence-corrected chi connectivity index (χ4v) is 1.70. The van der Waals surface area contributed by atoms with Crippen molar-refractivity contribution in [2.75, 3.05) is 5.32 Å². The van der Waals surface area contributed by atoms with Gasteiger partial charge in [-0.15, -0.1) is 0 Å². The predicted octanol–water partition coefficient (Wildman–Crippen LogP) is 2.70. The molecule has 2 rings (SSSR count). The maximum atomic E-state index is 12.0. The highest BCUT2D eigenvalue weighted by atomic mass is 16.2. The molecule has 1 N–H and O–H groups in total. The molecule has 18 heavy (non-hydrogen) atoms. The Morgan fingerprint density at radius 3 is 2.72 bits per heavy atom. The molecule has 0 bridgehead atoms. The standard InChI is InChI=1S/C14H17N3O/c1-10-5-6-13(9-11(10)2)16-14(18)12(3)17-8-4-7-15-17/h4-9,12H,1-3H3,(H,16,18). The molecule has 4 nitrogen and oxygen atoms in total. The molecule has 0 aliphatic heterocycles. The van der Waals surface area contributed by atoms with Gasteiger partial charge < -0.3 is 5.32 Å². The van der Waals surface area contributed by atoms with E-state index in [0.29, 0.717) is 0 Å². The molecule has 0 spiro atoms. The molecule has 1 amide bonds. The molecule has 94 valence electrons. The molecule has 1 heterocycles. The quantitative estimate of drug-likeness (QED) is 0.901. The van der Waals surface area contributed by atoms with Crippen LogP contribution in [-0.4, -0.2) is 15.7 Å². The summed E-state index contributed by atoms with van der Waals surface area (Å²) in [6.07, 6.45) is 3.45. The number of amides is 1. The average Bonchev–Trinajstić information content (AvgIpc) is 2.86. The van der Waals surface area contributed by atoms with E-state index in [1.165, 1.54) is 11.1 Å². The predicted molar refractivity (Wildman–Crippen MR) is 71.5 cm³/mol. The number of nitrogens with one attached hydrogen (secondary N) is 1. The van der Waals surface area contributed by atoms with Crippen LogP contribution in [0.5, 0.6) is 0 Å². The first-order valence-electron chi connectivity index (χ1n) is 5.95. The van der Waals surface area contributed by atoms with Crippen LogP contribution in [0.25, 0.3) is 0 Å². The van der Waals surface area contributed by atoms with E-state index < -0.39 is 0 Å². The van der Waals surface area contributed by atoms with Gasteiger partial charge in [-0.1, -0.05) is 6.07 Å². The number of carbonyl (C=O) groups excluding carboxylic acids is 1. The Hall–Kier alpha value is -2.10. The molecular formula is C14H17N3O. The van der Waals surface area contributed by atoms with Crippen LogP contribution in [0.1, 0.15) is 24.1 Å². The lowest BCUT2D eigenvalue weighted by molar-refractivity contribution is -0.119. The summed E-state index contributed by atoms with van der Waals surface area (Å²) < 4.78 is 1.64. The minimum absolute atomic E-state index is 0.0676. The highest BCUT2D eigenvalue weighted by Crippen LogP contribution is 2.15. The van der Waals surface area contributed by atoms with E-state index in [0.717, 1.165) is 5.69 Å². The first-order valence-corrected chi connectivity index (χ1v) is 5.95. The molecule has 2 aromatic rings. The van der Waals surface area contributed by atoms with Gasteiger partial charge in [0.15, 0.2) is 0 Å². The van der Waals surface area contributed by atoms with Gasteiger partial charge in [0.05, 0.1) is 0 Å². The van der Waals surface area contributed by atoms with Crippen LogP contribution in [-0.2, 0) is 4.79 Å². The molecule has 1 aromatic carbocycles. The number of hydrogen-bond donors (Lipinski definition) is 1. The number of anilines is 1. The zero-order chi connectivity index (χ0) is 13.1. The summed E-state index contributed by atoms with van der Waals surface area (Å²) in [5.41, 5.74) is 3.20. The molecule has 1 atom stereocenters. The lowest BCUT2D eigenvalue weighted by atomic mass is 10.1. The van der Waals surface area contributed by atoms with E-state index >= 15 is 0 Å². The van der Waals surface area contributed by atoms with Crippen LogP contribution in [0.15, 0.2) is 36.7 Å². The summed E-state index contributed by atoms with van der Waals surface area (Å²) in [6.45, 7) is 5.90. The number of nitrogens with zero attached hydrogens (tertiary/aromatic N) is 2. The molecule has 0 aliphatic carbocycles. The fraction of sp³-hybridized carbons (Fsp3) is 0.286. The van der Waals surface area contributed by atoms with E-state index in [2.05, 4.69) is 10.4 Å². The lowest BCUT2D eigenvalue weighted by Gasteiger charge is -2.13. The van der Waals surface area contributed by atoms with Gasteiger partial charge in [-0.2, -0.15) is 5.10 Å². The molecular weight excluding hydrogens is 226 g/mol. The van der Waals surface area contributed by atoms with Gasteiger partial charge in [0.2, 0.25) is 5.91 Å². The van der Waals surface area contributed by atoms with Crippen LogP contribution in [0, 0.1) is 13.8 Å². The zero-order valence-corrected chi connectivity index (χ0v) is 10.8. The van der Waals surface area contributed by atoms with Crippen molar-refractivity contribution in [3.63, 3.8) is 0 Å². The van der Waals surface area contributed by atoms with E-state index in [9.17, 15) is 4.79 Å². The Morgan fingerprint density at radius 1 is 1.33 bits per heavy atom. The number of benzene rings is 1. The van der Waals surface area contributed by atoms with Gasteiger partial charge in [-0.25, -0.2) is 0 Å². The smallest absolute Gasteiger partial charge is 0.248 e. The van der Waals surface area contributed by atoms with E-state index in [1.807, 2.05) is 39.0 Å². The lowest BCUT2D eigenvalue weighted by Crippen LogP contribution is -2.24. The monoisotopic (exact) mass is 243 g/mol. The van der Waals surface area contributed by atoms with Crippen molar-refractivity contribution in [3.05, 3.63) is 47.8 Å². The topological polar surface area (TPSA) is 46.9 Å². The van der Waals surface area contributed by atoms with Crippen LogP contribution in [0.4, 0.5) is 5.69 Å². The summed E-state index contributed by atoms with van der Waals surface area (Å²) in [6, 6.07) is 7.38. The molecule has 0 saturated carbocycles. The minimum Gasteiger partial charge on any atom is -0.324 e. The maximum Gasteiger partial charge on any atom is 0.248 e. The first kappa shape index (κ1) is 12.4. The summed E-state index contributed by atoms with van der Waals surface area (Å²) in [4.78, 5) is 12.0. The Morgan fingerprint density at radius 2 is 2.11 bits per heavy atom. The summed E-state index contributed by atoms with van der Waals surface area (Å²) in [5.74, 6) is -0.0676. The van der Waals surface area contributed by atoms with Gasteiger partial charge in [0.1, 0.15) is 6.04 Å². The van der Waals surface area contributed by atoms with Crippen molar-refractivity contribution in [3.8, 4) is 0 Å². The summed E-state index contributed by atoms with van der Waals surface area (Å²) >= 11 is 0. The van der Waals surface area contributed by atoms with Crippen molar-refractivity contribution in [1.82, 2.24) is 9.78 Å². The third-order valence-corrected chi connectivity index (χ3v) is 3.08. The normalized spacial score (nSPS) is 12.2. The van der Waals surface area contributed by atoms with Gasteiger partial charge in [-0.3, -0.25) is 9.48 Å².